The molecule has 170 valence electrons. The van der Waals surface area contributed by atoms with Crippen LogP contribution in [0.2, 0.25) is 0 Å². The van der Waals surface area contributed by atoms with Crippen LogP contribution >= 0.6 is 23.1 Å². The maximum Gasteiger partial charge on any atom is 0.273 e. The number of aryl methyl sites for hydroxylation is 1. The molecule has 3 aromatic rings. The minimum Gasteiger partial charge on any atom is -0.348 e. The molecule has 0 atom stereocenters. The number of rotatable bonds is 7. The number of nitrogens with zero attached hydrogens (tertiary/aromatic N) is 4. The molecule has 0 spiro atoms. The number of carbonyl (C=O) groups is 1. The van der Waals surface area contributed by atoms with Crippen molar-refractivity contribution >= 4 is 50.2 Å². The molecule has 2 aromatic heterocycles. The number of amides is 1. The summed E-state index contributed by atoms with van der Waals surface area (Å²) in [5.74, 6) is -0.635. The first-order valence-electron chi connectivity index (χ1n) is 10.8. The number of benzene rings is 1. The van der Waals surface area contributed by atoms with Gasteiger partial charge in [-0.3, -0.25) is 14.2 Å². The second-order valence-corrected chi connectivity index (χ2v) is 9.76. The molecule has 3 heterocycles. The van der Waals surface area contributed by atoms with Crippen molar-refractivity contribution in [2.75, 3.05) is 29.1 Å². The number of hydrogen-bond acceptors (Lipinski definition) is 7. The molecule has 1 aliphatic heterocycles. The van der Waals surface area contributed by atoms with Crippen LogP contribution in [0.5, 0.6) is 0 Å². The van der Waals surface area contributed by atoms with Crippen molar-refractivity contribution in [3.63, 3.8) is 0 Å². The number of fused-ring (bicyclic) bond motifs is 1. The first-order valence-corrected chi connectivity index (χ1v) is 12.6. The minimum absolute atomic E-state index is 0.0563. The summed E-state index contributed by atoms with van der Waals surface area (Å²) in [6, 6.07) is 4.27. The first kappa shape index (κ1) is 22.7. The number of aromatic nitrogens is 3. The van der Waals surface area contributed by atoms with E-state index in [2.05, 4.69) is 20.2 Å². The Labute approximate surface area is 194 Å². The Kier molecular flexibility index (Phi) is 7.10. The van der Waals surface area contributed by atoms with Gasteiger partial charge in [0.05, 0.1) is 5.75 Å². The van der Waals surface area contributed by atoms with Gasteiger partial charge in [-0.15, -0.1) is 0 Å². The van der Waals surface area contributed by atoms with Gasteiger partial charge in [0.15, 0.2) is 15.9 Å². The molecule has 7 nitrogen and oxygen atoms in total. The Bertz CT molecular complexity index is 1190. The highest BCUT2D eigenvalue weighted by molar-refractivity contribution is 7.99. The predicted molar refractivity (Wildman–Crippen MR) is 129 cm³/mol. The molecule has 0 unspecified atom stereocenters. The van der Waals surface area contributed by atoms with E-state index >= 15 is 0 Å². The fraction of sp³-hybridized carbons (Fsp3) is 0.455. The van der Waals surface area contributed by atoms with Crippen LogP contribution in [0.3, 0.4) is 0 Å². The zero-order chi connectivity index (χ0) is 22.7. The van der Waals surface area contributed by atoms with Gasteiger partial charge in [-0.2, -0.15) is 4.98 Å². The van der Waals surface area contributed by atoms with Gasteiger partial charge in [0.25, 0.3) is 5.56 Å². The molecular formula is C22H26FN5O2S2. The van der Waals surface area contributed by atoms with Crippen LogP contribution in [-0.4, -0.2) is 39.3 Å². The van der Waals surface area contributed by atoms with E-state index in [1.165, 1.54) is 41.7 Å². The fourth-order valence-electron chi connectivity index (χ4n) is 3.67. The third kappa shape index (κ3) is 4.96. The SMILES string of the molecule is CCCn1c(SCC(=O)Nc2cc(F)ccc2C)nc2nc(N3CCCCC3)sc2c1=O. The molecule has 0 aliphatic carbocycles. The lowest BCUT2D eigenvalue weighted by molar-refractivity contribution is -0.113. The summed E-state index contributed by atoms with van der Waals surface area (Å²) in [6.07, 6.45) is 4.25. The average molecular weight is 476 g/mol. The van der Waals surface area contributed by atoms with Crippen molar-refractivity contribution in [2.24, 2.45) is 0 Å². The Balaban J connectivity index is 1.56. The van der Waals surface area contributed by atoms with E-state index in [9.17, 15) is 14.0 Å². The number of hydrogen-bond donors (Lipinski definition) is 1. The van der Waals surface area contributed by atoms with Gasteiger partial charge >= 0.3 is 0 Å². The van der Waals surface area contributed by atoms with E-state index in [1.54, 1.807) is 17.6 Å². The Morgan fingerprint density at radius 1 is 1.25 bits per heavy atom. The first-order chi connectivity index (χ1) is 15.5. The summed E-state index contributed by atoms with van der Waals surface area (Å²) in [6.45, 7) is 6.22. The van der Waals surface area contributed by atoms with Crippen LogP contribution in [0.15, 0.2) is 28.2 Å². The molecule has 1 amide bonds. The Hall–Kier alpha value is -2.46. The summed E-state index contributed by atoms with van der Waals surface area (Å²) in [7, 11) is 0. The van der Waals surface area contributed by atoms with E-state index in [4.69, 9.17) is 0 Å². The number of thioether (sulfide) groups is 1. The third-order valence-electron chi connectivity index (χ3n) is 5.35. The van der Waals surface area contributed by atoms with Crippen molar-refractivity contribution in [1.82, 2.24) is 14.5 Å². The quantitative estimate of drug-likeness (QED) is 0.402. The topological polar surface area (TPSA) is 80.1 Å². The average Bonchev–Trinajstić information content (AvgIpc) is 3.22. The molecule has 0 bridgehead atoms. The summed E-state index contributed by atoms with van der Waals surface area (Å²) < 4.78 is 15.7. The fourth-order valence-corrected chi connectivity index (χ4v) is 5.49. The molecule has 1 N–H and O–H groups in total. The monoisotopic (exact) mass is 475 g/mol. The number of piperidine rings is 1. The van der Waals surface area contributed by atoms with Gasteiger partial charge in [-0.25, -0.2) is 9.37 Å². The van der Waals surface area contributed by atoms with Gasteiger partial charge in [-0.05, 0) is 50.3 Å². The second-order valence-electron chi connectivity index (χ2n) is 7.84. The van der Waals surface area contributed by atoms with Gasteiger partial charge < -0.3 is 10.2 Å². The van der Waals surface area contributed by atoms with E-state index in [1.807, 2.05) is 6.92 Å². The predicted octanol–water partition coefficient (Wildman–Crippen LogP) is 4.43. The molecule has 32 heavy (non-hydrogen) atoms. The summed E-state index contributed by atoms with van der Waals surface area (Å²) in [5.41, 5.74) is 1.55. The molecule has 0 saturated carbocycles. The molecule has 1 aliphatic rings. The smallest absolute Gasteiger partial charge is 0.273 e. The third-order valence-corrected chi connectivity index (χ3v) is 7.42. The van der Waals surface area contributed by atoms with Crippen molar-refractivity contribution in [2.45, 2.75) is 51.2 Å². The molecule has 1 saturated heterocycles. The lowest BCUT2D eigenvalue weighted by Crippen LogP contribution is -2.29. The maximum atomic E-state index is 13.5. The van der Waals surface area contributed by atoms with Gasteiger partial charge in [0.1, 0.15) is 10.5 Å². The van der Waals surface area contributed by atoms with Crippen molar-refractivity contribution < 1.29 is 9.18 Å². The zero-order valence-electron chi connectivity index (χ0n) is 18.2. The van der Waals surface area contributed by atoms with Gasteiger partial charge in [0, 0.05) is 25.3 Å². The van der Waals surface area contributed by atoms with Crippen molar-refractivity contribution in [3.8, 4) is 0 Å². The number of anilines is 2. The minimum atomic E-state index is -0.407. The van der Waals surface area contributed by atoms with E-state index in [-0.39, 0.29) is 17.2 Å². The highest BCUT2D eigenvalue weighted by Gasteiger charge is 2.20. The Morgan fingerprint density at radius 3 is 2.78 bits per heavy atom. The largest absolute Gasteiger partial charge is 0.348 e. The maximum absolute atomic E-state index is 13.5. The van der Waals surface area contributed by atoms with Gasteiger partial charge in [0.2, 0.25) is 5.91 Å². The van der Waals surface area contributed by atoms with Crippen molar-refractivity contribution in [1.29, 1.82) is 0 Å². The molecule has 10 heteroatoms. The normalized spacial score (nSPS) is 14.2. The summed E-state index contributed by atoms with van der Waals surface area (Å²) in [5, 5.41) is 4.06. The second kappa shape index (κ2) is 9.99. The highest BCUT2D eigenvalue weighted by atomic mass is 32.2. The van der Waals surface area contributed by atoms with Crippen LogP contribution in [0.1, 0.15) is 38.2 Å². The summed E-state index contributed by atoms with van der Waals surface area (Å²) in [4.78, 5) is 37.2. The van der Waals surface area contributed by atoms with Gasteiger partial charge in [-0.1, -0.05) is 36.1 Å². The van der Waals surface area contributed by atoms with Crippen LogP contribution in [0.25, 0.3) is 10.3 Å². The van der Waals surface area contributed by atoms with Crippen LogP contribution in [-0.2, 0) is 11.3 Å². The molecular weight excluding hydrogens is 449 g/mol. The van der Waals surface area contributed by atoms with Crippen LogP contribution in [0.4, 0.5) is 15.2 Å². The molecule has 0 radical (unpaired) electrons. The molecule has 1 aromatic carbocycles. The Morgan fingerprint density at radius 2 is 2.03 bits per heavy atom. The van der Waals surface area contributed by atoms with Crippen LogP contribution < -0.4 is 15.8 Å². The number of carbonyl (C=O) groups excluding carboxylic acids is 1. The standard InChI is InChI=1S/C22H26FN5O2S2/c1-3-9-28-20(30)18-19(25-21(32-18)27-10-5-4-6-11-27)26-22(28)31-13-17(29)24-16-12-15(23)8-7-14(16)2/h7-8,12H,3-6,9-11,13H2,1-2H3,(H,24,29). The highest BCUT2D eigenvalue weighted by Crippen LogP contribution is 2.29. The van der Waals surface area contributed by atoms with Crippen LogP contribution in [0, 0.1) is 12.7 Å². The van der Waals surface area contributed by atoms with E-state index in [0.29, 0.717) is 27.7 Å². The zero-order valence-corrected chi connectivity index (χ0v) is 19.8. The molecule has 1 fully saturated rings. The van der Waals surface area contributed by atoms with Crippen molar-refractivity contribution in [3.05, 3.63) is 39.9 Å². The number of halogens is 1. The van der Waals surface area contributed by atoms with E-state index in [0.717, 1.165) is 43.0 Å². The number of nitrogens with one attached hydrogen (secondary N) is 1. The van der Waals surface area contributed by atoms with E-state index < -0.39 is 5.82 Å². The molecule has 4 rings (SSSR count). The lowest BCUT2D eigenvalue weighted by atomic mass is 10.1. The summed E-state index contributed by atoms with van der Waals surface area (Å²) >= 11 is 2.60. The lowest BCUT2D eigenvalue weighted by Gasteiger charge is -2.25. The number of thiazole rings is 1.